The number of anilines is 1. The molecule has 0 spiro atoms. The predicted octanol–water partition coefficient (Wildman–Crippen LogP) is 4.78. The molecule has 8 heteroatoms. The van der Waals surface area contributed by atoms with Gasteiger partial charge in [0.2, 0.25) is 0 Å². The number of hydrogen-bond donors (Lipinski definition) is 0. The van der Waals surface area contributed by atoms with Gasteiger partial charge in [0.1, 0.15) is 17.6 Å². The molecular weight excluding hydrogens is 371 g/mol. The molecule has 3 aromatic rings. The second-order valence-corrected chi connectivity index (χ2v) is 5.77. The van der Waals surface area contributed by atoms with Crippen molar-refractivity contribution in [1.82, 2.24) is 9.61 Å². The number of hydrogen-bond acceptors (Lipinski definition) is 4. The normalized spacial score (nSPS) is 15.3. The smallest absolute Gasteiger partial charge is 0.368 e. The average Bonchev–Trinajstić information content (AvgIpc) is 3.36. The van der Waals surface area contributed by atoms with E-state index in [0.717, 1.165) is 5.69 Å². The maximum atomic E-state index is 13.2. The second-order valence-electron chi connectivity index (χ2n) is 5.77. The lowest BCUT2D eigenvalue weighted by molar-refractivity contribution is -0.0786. The summed E-state index contributed by atoms with van der Waals surface area (Å²) in [5, 5.41) is 3.93. The number of carbonyl (C=O) groups is 1. The summed E-state index contributed by atoms with van der Waals surface area (Å²) in [7, 11) is 0. The van der Waals surface area contributed by atoms with Gasteiger partial charge in [0.15, 0.2) is 0 Å². The lowest BCUT2D eigenvalue weighted by Crippen LogP contribution is -2.20. The monoisotopic (exact) mass is 393 g/mol. The van der Waals surface area contributed by atoms with Crippen LogP contribution in [0.15, 0.2) is 54.9 Å². The molecule has 4 rings (SSSR count). The number of nitrogens with zero attached hydrogens (tertiary/aromatic N) is 3. The molecule has 3 heterocycles. The van der Waals surface area contributed by atoms with Crippen LogP contribution in [0.3, 0.4) is 0 Å². The van der Waals surface area contributed by atoms with Gasteiger partial charge in [0.05, 0.1) is 11.7 Å². The van der Waals surface area contributed by atoms with Crippen LogP contribution in [0.5, 0.6) is 0 Å². The van der Waals surface area contributed by atoms with Crippen LogP contribution >= 0.6 is 0 Å². The Morgan fingerprint density at radius 2 is 1.93 bits per heavy atom. The maximum Gasteiger partial charge on any atom is 0.383 e. The number of pyridine rings is 1. The summed E-state index contributed by atoms with van der Waals surface area (Å²) in [5.41, 5.74) is 1.25. The van der Waals surface area contributed by atoms with Gasteiger partial charge in [0.25, 0.3) is 0 Å². The summed E-state index contributed by atoms with van der Waals surface area (Å²) in [6.45, 7) is 4.95. The Hall–Kier alpha value is -3.03. The van der Waals surface area contributed by atoms with Gasteiger partial charge in [0, 0.05) is 29.5 Å². The van der Waals surface area contributed by atoms with Gasteiger partial charge in [-0.25, -0.2) is 23.0 Å². The predicted molar refractivity (Wildman–Crippen MR) is 101 cm³/mol. The lowest BCUT2D eigenvalue weighted by atomic mass is 10.2. The van der Waals surface area contributed by atoms with E-state index in [0.29, 0.717) is 25.0 Å². The van der Waals surface area contributed by atoms with E-state index in [1.54, 1.807) is 36.5 Å². The highest BCUT2D eigenvalue weighted by Crippen LogP contribution is 2.24. The first-order valence-corrected chi connectivity index (χ1v) is 8.98. The van der Waals surface area contributed by atoms with Crippen LogP contribution in [-0.2, 0) is 4.94 Å². The van der Waals surface area contributed by atoms with Crippen LogP contribution in [0.1, 0.15) is 30.6 Å². The first kappa shape index (κ1) is 21.3. The van der Waals surface area contributed by atoms with Crippen molar-refractivity contribution in [3.63, 3.8) is 0 Å². The van der Waals surface area contributed by atoms with E-state index >= 15 is 0 Å². The van der Waals surface area contributed by atoms with Gasteiger partial charge in [-0.15, -0.1) is 0 Å². The molecule has 28 heavy (non-hydrogen) atoms. The van der Waals surface area contributed by atoms with Crippen LogP contribution < -0.4 is 4.90 Å². The highest BCUT2D eigenvalue weighted by atomic mass is 19.3. The van der Waals surface area contributed by atoms with Gasteiger partial charge in [-0.2, -0.15) is 5.10 Å². The summed E-state index contributed by atoms with van der Waals surface area (Å²) in [6, 6.07) is 11.4. The summed E-state index contributed by atoms with van der Waals surface area (Å²) in [4.78, 5) is 16.3. The first-order chi connectivity index (χ1) is 13.6. The van der Waals surface area contributed by atoms with Gasteiger partial charge in [-0.3, -0.25) is 0 Å². The topological polar surface area (TPSA) is 46.8 Å². The fourth-order valence-electron chi connectivity index (χ4n) is 2.73. The number of rotatable bonds is 2. The molecule has 5 nitrogen and oxygen atoms in total. The van der Waals surface area contributed by atoms with Crippen LogP contribution in [0, 0.1) is 5.82 Å². The standard InChI is InChI=1S/C12H11F2N3O2.C6H5F.C2H6/c13-8-1-3-16(7-8)9-2-4-17-11(5-9)10(6-15-17)12(18)19-14;7-6-4-2-1-3-5-6;1-2/h2,4-6,8H,1,3,7H2;1-5H;1-2H3. The summed E-state index contributed by atoms with van der Waals surface area (Å²) >= 11 is 0. The van der Waals surface area contributed by atoms with Gasteiger partial charge >= 0.3 is 5.97 Å². The van der Waals surface area contributed by atoms with E-state index in [4.69, 9.17) is 0 Å². The van der Waals surface area contributed by atoms with Crippen LogP contribution in [-0.4, -0.2) is 34.8 Å². The molecule has 2 aromatic heterocycles. The number of fused-ring (bicyclic) bond motifs is 1. The maximum absolute atomic E-state index is 13.2. The zero-order chi connectivity index (χ0) is 20.5. The van der Waals surface area contributed by atoms with E-state index in [2.05, 4.69) is 10.0 Å². The molecular formula is C20H22F3N3O2. The lowest BCUT2D eigenvalue weighted by Gasteiger charge is -2.17. The zero-order valence-electron chi connectivity index (χ0n) is 15.7. The molecule has 0 radical (unpaired) electrons. The van der Waals surface area contributed by atoms with Gasteiger partial charge < -0.3 is 4.90 Å². The molecule has 1 unspecified atom stereocenters. The van der Waals surface area contributed by atoms with Crippen molar-refractivity contribution >= 4 is 17.2 Å². The Morgan fingerprint density at radius 3 is 2.46 bits per heavy atom. The van der Waals surface area contributed by atoms with E-state index in [9.17, 15) is 18.1 Å². The summed E-state index contributed by atoms with van der Waals surface area (Å²) in [5.74, 6) is -1.26. The molecule has 0 amide bonds. The van der Waals surface area contributed by atoms with Crippen LogP contribution in [0.2, 0.25) is 0 Å². The minimum absolute atomic E-state index is 0.0420. The number of carbonyl (C=O) groups excluding carboxylic acids is 1. The number of alkyl halides is 1. The van der Waals surface area contributed by atoms with E-state index in [-0.39, 0.29) is 11.4 Å². The highest BCUT2D eigenvalue weighted by molar-refractivity contribution is 5.96. The number of halogens is 3. The largest absolute Gasteiger partial charge is 0.383 e. The van der Waals surface area contributed by atoms with Crippen molar-refractivity contribution in [3.05, 3.63) is 66.2 Å². The van der Waals surface area contributed by atoms with Crippen molar-refractivity contribution < 1.29 is 23.0 Å². The molecule has 1 aliphatic heterocycles. The van der Waals surface area contributed by atoms with Crippen molar-refractivity contribution in [2.45, 2.75) is 26.4 Å². The van der Waals surface area contributed by atoms with E-state index < -0.39 is 12.1 Å². The van der Waals surface area contributed by atoms with E-state index in [1.807, 2.05) is 18.7 Å². The molecule has 1 atom stereocenters. The molecule has 150 valence electrons. The Labute approximate surface area is 161 Å². The van der Waals surface area contributed by atoms with Crippen LogP contribution in [0.4, 0.5) is 19.0 Å². The number of benzene rings is 1. The fourth-order valence-corrected chi connectivity index (χ4v) is 2.73. The third kappa shape index (κ3) is 5.25. The molecule has 0 bridgehead atoms. The average molecular weight is 393 g/mol. The highest BCUT2D eigenvalue weighted by Gasteiger charge is 2.23. The molecule has 0 saturated carbocycles. The minimum Gasteiger partial charge on any atom is -0.368 e. The molecule has 1 fully saturated rings. The number of aromatic nitrogens is 2. The van der Waals surface area contributed by atoms with Crippen molar-refractivity contribution in [2.24, 2.45) is 0 Å². The molecule has 1 aliphatic rings. The summed E-state index contributed by atoms with van der Waals surface area (Å²) < 4.78 is 38.5. The molecule has 1 aromatic carbocycles. The van der Waals surface area contributed by atoms with Crippen molar-refractivity contribution in [2.75, 3.05) is 18.0 Å². The summed E-state index contributed by atoms with van der Waals surface area (Å²) in [6.07, 6.45) is 2.54. The fraction of sp³-hybridized carbons (Fsp3) is 0.300. The minimum atomic E-state index is -1.09. The Bertz CT molecular complexity index is 887. The first-order valence-electron chi connectivity index (χ1n) is 8.98. The third-order valence-electron chi connectivity index (χ3n) is 4.02. The Morgan fingerprint density at radius 1 is 1.21 bits per heavy atom. The molecule has 0 N–H and O–H groups in total. The quantitative estimate of drug-likeness (QED) is 0.629. The van der Waals surface area contributed by atoms with Crippen LogP contribution in [0.25, 0.3) is 5.52 Å². The zero-order valence-corrected chi connectivity index (χ0v) is 15.7. The third-order valence-corrected chi connectivity index (χ3v) is 4.02. The Balaban J connectivity index is 0.000000261. The van der Waals surface area contributed by atoms with Crippen molar-refractivity contribution in [3.8, 4) is 0 Å². The molecule has 0 aliphatic carbocycles. The van der Waals surface area contributed by atoms with Gasteiger partial charge in [-0.1, -0.05) is 32.0 Å². The Kier molecular flexibility index (Phi) is 7.86. The molecule has 1 saturated heterocycles. The second kappa shape index (κ2) is 10.3. The van der Waals surface area contributed by atoms with Gasteiger partial charge in [-0.05, 0) is 30.7 Å². The SMILES string of the molecule is CC.Fc1ccccc1.O=C(OF)c1cnn2ccc(N3CCC(F)C3)cc12. The van der Waals surface area contributed by atoms with E-state index in [1.165, 1.54) is 22.8 Å². The van der Waals surface area contributed by atoms with Crippen molar-refractivity contribution in [1.29, 1.82) is 0 Å².